The average Bonchev–Trinajstić information content (AvgIpc) is 3.13. The van der Waals surface area contributed by atoms with E-state index in [-0.39, 0.29) is 22.3 Å². The monoisotopic (exact) mass is 491 g/mol. The molecule has 9 heteroatoms. The van der Waals surface area contributed by atoms with Crippen LogP contribution in [-0.4, -0.2) is 29.7 Å². The first-order valence-electron chi connectivity index (χ1n) is 11.1. The van der Waals surface area contributed by atoms with Gasteiger partial charge in [0.25, 0.3) is 5.56 Å². The van der Waals surface area contributed by atoms with Crippen LogP contribution in [0.2, 0.25) is 0 Å². The fraction of sp³-hybridized carbons (Fsp3) is 0.231. The van der Waals surface area contributed by atoms with Gasteiger partial charge >= 0.3 is 5.97 Å². The SMILES string of the molecule is CCOC(=O)C1=C(C)N=c2s/c(=C\c3ccccc3C(=O)[O-])c(=O)n2[C@H]1c1ccc(OCC)cc1. The van der Waals surface area contributed by atoms with Gasteiger partial charge in [-0.25, -0.2) is 9.79 Å². The topological polar surface area (TPSA) is 110 Å². The van der Waals surface area contributed by atoms with Gasteiger partial charge in [-0.15, -0.1) is 0 Å². The first-order chi connectivity index (χ1) is 16.8. The second-order valence-electron chi connectivity index (χ2n) is 7.68. The van der Waals surface area contributed by atoms with Crippen LogP contribution >= 0.6 is 11.3 Å². The Morgan fingerprint density at radius 3 is 2.49 bits per heavy atom. The summed E-state index contributed by atoms with van der Waals surface area (Å²) in [5.74, 6) is -1.22. The van der Waals surface area contributed by atoms with Crippen molar-refractivity contribution in [1.29, 1.82) is 0 Å². The minimum absolute atomic E-state index is 0.0233. The first kappa shape index (κ1) is 24.2. The summed E-state index contributed by atoms with van der Waals surface area (Å²) in [4.78, 5) is 43.0. The normalized spacial score (nSPS) is 15.4. The molecule has 1 aliphatic heterocycles. The lowest BCUT2D eigenvalue weighted by Gasteiger charge is -2.24. The molecule has 0 saturated heterocycles. The summed E-state index contributed by atoms with van der Waals surface area (Å²) in [6.07, 6.45) is 1.51. The van der Waals surface area contributed by atoms with E-state index in [9.17, 15) is 19.5 Å². The highest BCUT2D eigenvalue weighted by Crippen LogP contribution is 2.31. The molecule has 2 aromatic carbocycles. The van der Waals surface area contributed by atoms with E-state index in [4.69, 9.17) is 9.47 Å². The third kappa shape index (κ3) is 4.67. The van der Waals surface area contributed by atoms with Crippen LogP contribution in [0.1, 0.15) is 48.3 Å². The number of thiazole rings is 1. The van der Waals surface area contributed by atoms with Crippen molar-refractivity contribution in [3.8, 4) is 5.75 Å². The summed E-state index contributed by atoms with van der Waals surface area (Å²) in [5.41, 5.74) is 1.33. The van der Waals surface area contributed by atoms with E-state index in [2.05, 4.69) is 4.99 Å². The minimum Gasteiger partial charge on any atom is -0.545 e. The quantitative estimate of drug-likeness (QED) is 0.464. The van der Waals surface area contributed by atoms with Crippen LogP contribution in [0.25, 0.3) is 6.08 Å². The van der Waals surface area contributed by atoms with E-state index in [1.54, 1.807) is 56.3 Å². The summed E-state index contributed by atoms with van der Waals surface area (Å²) in [7, 11) is 0. The number of hydrogen-bond donors (Lipinski definition) is 0. The van der Waals surface area contributed by atoms with Crippen molar-refractivity contribution < 1.29 is 24.2 Å². The van der Waals surface area contributed by atoms with Crippen molar-refractivity contribution in [1.82, 2.24) is 4.57 Å². The number of carbonyl (C=O) groups is 2. The fourth-order valence-corrected chi connectivity index (χ4v) is 5.01. The highest BCUT2D eigenvalue weighted by Gasteiger charge is 2.33. The molecule has 3 aromatic rings. The molecule has 1 aromatic heterocycles. The van der Waals surface area contributed by atoms with Gasteiger partial charge in [-0.1, -0.05) is 47.7 Å². The molecule has 0 bridgehead atoms. The molecule has 8 nitrogen and oxygen atoms in total. The molecule has 0 saturated carbocycles. The fourth-order valence-electron chi connectivity index (χ4n) is 3.97. The number of nitrogens with zero attached hydrogens (tertiary/aromatic N) is 2. The van der Waals surface area contributed by atoms with E-state index in [1.165, 1.54) is 16.7 Å². The number of esters is 1. The van der Waals surface area contributed by atoms with Crippen LogP contribution in [0.5, 0.6) is 5.75 Å². The molecular weight excluding hydrogens is 468 g/mol. The molecule has 4 rings (SSSR count). The third-order valence-electron chi connectivity index (χ3n) is 5.49. The van der Waals surface area contributed by atoms with Gasteiger partial charge in [0.15, 0.2) is 4.80 Å². The zero-order valence-corrected chi connectivity index (χ0v) is 20.3. The second kappa shape index (κ2) is 10.1. The molecule has 0 fully saturated rings. The average molecular weight is 492 g/mol. The van der Waals surface area contributed by atoms with E-state index in [1.807, 2.05) is 6.92 Å². The smallest absolute Gasteiger partial charge is 0.338 e. The minimum atomic E-state index is -1.34. The number of hydrogen-bond acceptors (Lipinski definition) is 8. The van der Waals surface area contributed by atoms with E-state index >= 15 is 0 Å². The Morgan fingerprint density at radius 2 is 1.83 bits per heavy atom. The molecule has 2 heterocycles. The lowest BCUT2D eigenvalue weighted by Crippen LogP contribution is -2.40. The Kier molecular flexibility index (Phi) is 6.97. The Labute approximate surface area is 205 Å². The van der Waals surface area contributed by atoms with Gasteiger partial charge < -0.3 is 19.4 Å². The van der Waals surface area contributed by atoms with Crippen LogP contribution in [0.15, 0.2) is 69.6 Å². The summed E-state index contributed by atoms with van der Waals surface area (Å²) in [6.45, 7) is 5.99. The van der Waals surface area contributed by atoms with E-state index in [0.29, 0.717) is 34.0 Å². The van der Waals surface area contributed by atoms with Gasteiger partial charge in [0.2, 0.25) is 0 Å². The maximum absolute atomic E-state index is 13.6. The Balaban J connectivity index is 1.94. The number of rotatable bonds is 7. The molecule has 1 atom stereocenters. The van der Waals surface area contributed by atoms with Crippen LogP contribution in [0, 0.1) is 0 Å². The van der Waals surface area contributed by atoms with Crippen LogP contribution in [-0.2, 0) is 9.53 Å². The number of carboxylic acids is 1. The molecule has 1 aliphatic rings. The molecule has 35 heavy (non-hydrogen) atoms. The largest absolute Gasteiger partial charge is 0.545 e. The number of aromatic carboxylic acids is 1. The van der Waals surface area contributed by atoms with Crippen molar-refractivity contribution in [2.24, 2.45) is 4.99 Å². The number of ether oxygens (including phenoxy) is 2. The van der Waals surface area contributed by atoms with Gasteiger partial charge in [0.1, 0.15) is 5.75 Å². The lowest BCUT2D eigenvalue weighted by molar-refractivity contribution is -0.255. The van der Waals surface area contributed by atoms with Gasteiger partial charge in [0.05, 0.1) is 41.0 Å². The number of aromatic nitrogens is 1. The third-order valence-corrected chi connectivity index (χ3v) is 6.47. The molecule has 0 aliphatic carbocycles. The zero-order chi connectivity index (χ0) is 25.1. The van der Waals surface area contributed by atoms with Crippen molar-refractivity contribution in [3.63, 3.8) is 0 Å². The molecule has 180 valence electrons. The predicted octanol–water partition coefficient (Wildman–Crippen LogP) is 1.56. The summed E-state index contributed by atoms with van der Waals surface area (Å²) < 4.78 is 12.6. The maximum Gasteiger partial charge on any atom is 0.338 e. The van der Waals surface area contributed by atoms with E-state index < -0.39 is 23.5 Å². The van der Waals surface area contributed by atoms with Crippen molar-refractivity contribution in [3.05, 3.63) is 96.2 Å². The molecular formula is C26H23N2O6S-. The number of allylic oxidation sites excluding steroid dienone is 1. The standard InChI is InChI=1S/C26H24N2O6S/c1-4-33-18-12-10-16(11-13-18)22-21(25(32)34-5-2)15(3)27-26-28(22)23(29)20(35-26)14-17-8-6-7-9-19(17)24(30)31/h6-14,22H,4-5H2,1-3H3,(H,30,31)/p-1/b20-14-/t22-/m0/s1. The van der Waals surface area contributed by atoms with Gasteiger partial charge in [-0.2, -0.15) is 0 Å². The molecule has 0 amide bonds. The van der Waals surface area contributed by atoms with Gasteiger partial charge in [-0.05, 0) is 50.1 Å². The summed E-state index contributed by atoms with van der Waals surface area (Å²) in [6, 6.07) is 12.7. The zero-order valence-electron chi connectivity index (χ0n) is 19.4. The molecule has 0 N–H and O–H groups in total. The maximum atomic E-state index is 13.6. The van der Waals surface area contributed by atoms with Crippen LogP contribution in [0.3, 0.4) is 0 Å². The number of carbonyl (C=O) groups excluding carboxylic acids is 2. The number of benzene rings is 2. The van der Waals surface area contributed by atoms with Crippen molar-refractivity contribution in [2.75, 3.05) is 13.2 Å². The molecule has 0 radical (unpaired) electrons. The van der Waals surface area contributed by atoms with E-state index in [0.717, 1.165) is 11.3 Å². The number of fused-ring (bicyclic) bond motifs is 1. The Hall–Kier alpha value is -3.98. The lowest BCUT2D eigenvalue weighted by atomic mass is 9.96. The van der Waals surface area contributed by atoms with Crippen molar-refractivity contribution in [2.45, 2.75) is 26.8 Å². The summed E-state index contributed by atoms with van der Waals surface area (Å²) in [5, 5.41) is 11.5. The molecule has 0 unspecified atom stereocenters. The second-order valence-corrected chi connectivity index (χ2v) is 8.69. The Bertz CT molecular complexity index is 1500. The van der Waals surface area contributed by atoms with Crippen molar-refractivity contribution >= 4 is 29.4 Å². The van der Waals surface area contributed by atoms with Crippen LogP contribution < -0.4 is 24.7 Å². The summed E-state index contributed by atoms with van der Waals surface area (Å²) >= 11 is 1.12. The number of carboxylic acid groups (broad SMARTS) is 1. The van der Waals surface area contributed by atoms with Gasteiger partial charge in [0, 0.05) is 5.56 Å². The highest BCUT2D eigenvalue weighted by molar-refractivity contribution is 7.07. The molecule has 0 spiro atoms. The van der Waals surface area contributed by atoms with Crippen LogP contribution in [0.4, 0.5) is 0 Å². The highest BCUT2D eigenvalue weighted by atomic mass is 32.1. The van der Waals surface area contributed by atoms with Gasteiger partial charge in [-0.3, -0.25) is 9.36 Å². The Morgan fingerprint density at radius 1 is 1.11 bits per heavy atom. The first-order valence-corrected chi connectivity index (χ1v) is 11.9. The predicted molar refractivity (Wildman–Crippen MR) is 129 cm³/mol.